The maximum Gasteiger partial charge on any atom is 0.222 e. The molecule has 2 heterocycles. The molecule has 0 radical (unpaired) electrons. The van der Waals surface area contributed by atoms with Gasteiger partial charge in [0.15, 0.2) is 0 Å². The molecular weight excluding hydrogens is 278 g/mol. The first-order valence-electron chi connectivity index (χ1n) is 8.12. The highest BCUT2D eigenvalue weighted by molar-refractivity contribution is 5.75. The first kappa shape index (κ1) is 17.0. The van der Waals surface area contributed by atoms with Gasteiger partial charge in [0, 0.05) is 57.6 Å². The van der Waals surface area contributed by atoms with Gasteiger partial charge in [-0.25, -0.2) is 4.98 Å². The minimum absolute atomic E-state index is 0.190. The van der Waals surface area contributed by atoms with Crippen LogP contribution in [0.25, 0.3) is 0 Å². The second-order valence-electron chi connectivity index (χ2n) is 6.49. The summed E-state index contributed by atoms with van der Waals surface area (Å²) in [6, 6.07) is 0.469. The van der Waals surface area contributed by atoms with Crippen LogP contribution in [0.15, 0.2) is 6.20 Å². The van der Waals surface area contributed by atoms with Crippen molar-refractivity contribution >= 4 is 5.91 Å². The molecule has 0 saturated carbocycles. The summed E-state index contributed by atoms with van der Waals surface area (Å²) in [4.78, 5) is 26.3. The van der Waals surface area contributed by atoms with Crippen molar-refractivity contribution in [2.24, 2.45) is 0 Å². The Bertz CT molecular complexity index is 479. The lowest BCUT2D eigenvalue weighted by Crippen LogP contribution is -2.48. The number of imidazole rings is 1. The summed E-state index contributed by atoms with van der Waals surface area (Å²) in [5.41, 5.74) is 1.03. The molecule has 1 unspecified atom stereocenters. The maximum absolute atomic E-state index is 12.3. The molecule has 1 atom stereocenters. The maximum atomic E-state index is 12.3. The molecule has 22 heavy (non-hydrogen) atoms. The van der Waals surface area contributed by atoms with E-state index in [1.165, 1.54) is 0 Å². The number of nitrogens with one attached hydrogen (secondary N) is 1. The molecule has 0 spiro atoms. The molecule has 1 saturated heterocycles. The Balaban J connectivity index is 1.72. The fourth-order valence-electron chi connectivity index (χ4n) is 2.83. The number of likely N-dealkylation sites (N-methyl/N-ethyl adjacent to an activating group) is 1. The molecule has 2 rings (SSSR count). The fraction of sp³-hybridized carbons (Fsp3) is 0.750. The minimum Gasteiger partial charge on any atom is -0.345 e. The van der Waals surface area contributed by atoms with Crippen LogP contribution in [0.4, 0.5) is 0 Å². The van der Waals surface area contributed by atoms with E-state index in [9.17, 15) is 4.79 Å². The van der Waals surface area contributed by atoms with E-state index < -0.39 is 0 Å². The number of aryl methyl sites for hydroxylation is 1. The van der Waals surface area contributed by atoms with Crippen LogP contribution < -0.4 is 0 Å². The standard InChI is InChI=1S/C16H29N5O/c1-13-11-17-15(18-13)12-20(4)16(22)6-5-14(2)21-9-7-19(3)8-10-21/h11,14H,5-10,12H2,1-4H3,(H,17,18). The number of rotatable bonds is 6. The van der Waals surface area contributed by atoms with Gasteiger partial charge in [-0.1, -0.05) is 0 Å². The zero-order valence-corrected chi connectivity index (χ0v) is 14.3. The molecule has 6 nitrogen and oxygen atoms in total. The number of hydrogen-bond acceptors (Lipinski definition) is 4. The van der Waals surface area contributed by atoms with Crippen LogP contribution in [0.3, 0.4) is 0 Å². The molecule has 1 aromatic heterocycles. The number of carbonyl (C=O) groups is 1. The van der Waals surface area contributed by atoms with Crippen LogP contribution in [0.1, 0.15) is 31.3 Å². The van der Waals surface area contributed by atoms with Crippen LogP contribution in [0.2, 0.25) is 0 Å². The summed E-state index contributed by atoms with van der Waals surface area (Å²) in [5.74, 6) is 1.04. The van der Waals surface area contributed by atoms with Gasteiger partial charge in [-0.2, -0.15) is 0 Å². The van der Waals surface area contributed by atoms with Gasteiger partial charge in [0.1, 0.15) is 5.82 Å². The van der Waals surface area contributed by atoms with Crippen molar-refractivity contribution in [3.8, 4) is 0 Å². The van der Waals surface area contributed by atoms with E-state index in [4.69, 9.17) is 0 Å². The summed E-state index contributed by atoms with van der Waals surface area (Å²) in [5, 5.41) is 0. The smallest absolute Gasteiger partial charge is 0.222 e. The Hall–Kier alpha value is -1.40. The van der Waals surface area contributed by atoms with Crippen molar-refractivity contribution in [2.45, 2.75) is 39.3 Å². The second-order valence-corrected chi connectivity index (χ2v) is 6.49. The summed E-state index contributed by atoms with van der Waals surface area (Å²) in [6.45, 7) is 9.20. The van der Waals surface area contributed by atoms with Crippen LogP contribution in [0, 0.1) is 6.92 Å². The summed E-state index contributed by atoms with van der Waals surface area (Å²) in [7, 11) is 4.01. The molecule has 0 aromatic carbocycles. The summed E-state index contributed by atoms with van der Waals surface area (Å²) in [6.07, 6.45) is 3.32. The van der Waals surface area contributed by atoms with Crippen molar-refractivity contribution < 1.29 is 4.79 Å². The van der Waals surface area contributed by atoms with E-state index in [-0.39, 0.29) is 5.91 Å². The number of carbonyl (C=O) groups excluding carboxylic acids is 1. The van der Waals surface area contributed by atoms with Crippen LogP contribution in [-0.2, 0) is 11.3 Å². The average molecular weight is 307 g/mol. The first-order valence-corrected chi connectivity index (χ1v) is 8.12. The normalized spacial score (nSPS) is 18.4. The SMILES string of the molecule is Cc1cnc(CN(C)C(=O)CCC(C)N2CCN(C)CC2)[nH]1. The van der Waals surface area contributed by atoms with Gasteiger partial charge in [0.05, 0.1) is 6.54 Å². The third kappa shape index (κ3) is 4.81. The summed E-state index contributed by atoms with van der Waals surface area (Å²) < 4.78 is 0. The lowest BCUT2D eigenvalue weighted by atomic mass is 10.1. The molecule has 1 aliphatic rings. The van der Waals surface area contributed by atoms with Crippen LogP contribution in [-0.4, -0.2) is 76.9 Å². The quantitative estimate of drug-likeness (QED) is 0.855. The predicted molar refractivity (Wildman–Crippen MR) is 87.6 cm³/mol. The van der Waals surface area contributed by atoms with E-state index in [0.29, 0.717) is 19.0 Å². The van der Waals surface area contributed by atoms with Crippen molar-refractivity contribution in [3.63, 3.8) is 0 Å². The molecule has 6 heteroatoms. The van der Waals surface area contributed by atoms with Crippen LogP contribution in [0.5, 0.6) is 0 Å². The van der Waals surface area contributed by atoms with Gasteiger partial charge < -0.3 is 14.8 Å². The number of hydrogen-bond donors (Lipinski definition) is 1. The van der Waals surface area contributed by atoms with E-state index in [1.807, 2.05) is 14.0 Å². The zero-order chi connectivity index (χ0) is 16.1. The molecule has 1 N–H and O–H groups in total. The van der Waals surface area contributed by atoms with Gasteiger partial charge in [0.2, 0.25) is 5.91 Å². The van der Waals surface area contributed by atoms with Crippen molar-refractivity contribution in [1.82, 2.24) is 24.7 Å². The highest BCUT2D eigenvalue weighted by Crippen LogP contribution is 2.11. The Morgan fingerprint density at radius 1 is 1.41 bits per heavy atom. The van der Waals surface area contributed by atoms with Crippen molar-refractivity contribution in [2.75, 3.05) is 40.3 Å². The Morgan fingerprint density at radius 2 is 2.09 bits per heavy atom. The summed E-state index contributed by atoms with van der Waals surface area (Å²) >= 11 is 0. The molecule has 1 amide bonds. The first-order chi connectivity index (χ1) is 10.5. The molecule has 0 aliphatic carbocycles. The molecule has 0 bridgehead atoms. The molecule has 1 aliphatic heterocycles. The Kier molecular flexibility index (Phi) is 5.97. The van der Waals surface area contributed by atoms with E-state index >= 15 is 0 Å². The third-order valence-electron chi connectivity index (χ3n) is 4.51. The molecule has 1 aromatic rings. The number of nitrogens with zero attached hydrogens (tertiary/aromatic N) is 4. The topological polar surface area (TPSA) is 55.5 Å². The lowest BCUT2D eigenvalue weighted by molar-refractivity contribution is -0.130. The molecule has 1 fully saturated rings. The number of amides is 1. The Labute approximate surface area is 133 Å². The number of H-pyrrole nitrogens is 1. The highest BCUT2D eigenvalue weighted by atomic mass is 16.2. The average Bonchev–Trinajstić information content (AvgIpc) is 2.90. The predicted octanol–water partition coefficient (Wildman–Crippen LogP) is 1.09. The number of aromatic amines is 1. The van der Waals surface area contributed by atoms with Gasteiger partial charge in [-0.05, 0) is 27.3 Å². The van der Waals surface area contributed by atoms with Gasteiger partial charge in [-0.15, -0.1) is 0 Å². The van der Waals surface area contributed by atoms with Crippen molar-refractivity contribution in [3.05, 3.63) is 17.7 Å². The Morgan fingerprint density at radius 3 is 2.68 bits per heavy atom. The van der Waals surface area contributed by atoms with Crippen molar-refractivity contribution in [1.29, 1.82) is 0 Å². The number of piperazine rings is 1. The van der Waals surface area contributed by atoms with E-state index in [0.717, 1.165) is 44.1 Å². The molecular formula is C16H29N5O. The fourth-order valence-corrected chi connectivity index (χ4v) is 2.83. The third-order valence-corrected chi connectivity index (χ3v) is 4.51. The molecule has 124 valence electrons. The monoisotopic (exact) mass is 307 g/mol. The second kappa shape index (κ2) is 7.74. The van der Waals surface area contributed by atoms with Gasteiger partial charge in [-0.3, -0.25) is 9.69 Å². The van der Waals surface area contributed by atoms with Gasteiger partial charge >= 0.3 is 0 Å². The highest BCUT2D eigenvalue weighted by Gasteiger charge is 2.20. The number of aromatic nitrogens is 2. The van der Waals surface area contributed by atoms with Gasteiger partial charge in [0.25, 0.3) is 0 Å². The van der Waals surface area contributed by atoms with E-state index in [2.05, 4.69) is 33.7 Å². The lowest BCUT2D eigenvalue weighted by Gasteiger charge is -2.36. The zero-order valence-electron chi connectivity index (χ0n) is 14.3. The largest absolute Gasteiger partial charge is 0.345 e. The van der Waals surface area contributed by atoms with Crippen LogP contribution >= 0.6 is 0 Å². The van der Waals surface area contributed by atoms with E-state index in [1.54, 1.807) is 11.1 Å². The minimum atomic E-state index is 0.190.